The van der Waals surface area contributed by atoms with Gasteiger partial charge in [-0.2, -0.15) is 0 Å². The number of carbonyl (C=O) groups excluding carboxylic acids is 10. The Morgan fingerprint density at radius 2 is 1.30 bits per heavy atom. The molecule has 2 heterocycles. The SMILES string of the molecule is CC(NC(=O)[C@@H](NC(=O)C(N)CCCCN)[C@@H](O)CN)C(=O)NCC(=O)N[C@H](CCCN)C(=O)N1CCCC1C(=O)NC(Cc1cnc[nH]1)C(=O)N[C@@H](CCCCN)C(=O)N/C(=C\CCN=C(N)N)C(=O)N[C@@H](CCCCN)C(=O)NCCCCN. The molecule has 1 fully saturated rings. The van der Waals surface area contributed by atoms with Crippen LogP contribution in [0.15, 0.2) is 29.3 Å². The monoisotopic (exact) mass is 1220 g/mol. The van der Waals surface area contributed by atoms with E-state index in [1.54, 1.807) is 0 Å². The minimum atomic E-state index is -1.57. The van der Waals surface area contributed by atoms with Crippen LogP contribution >= 0.6 is 0 Å². The maximum atomic E-state index is 14.5. The average molecular weight is 1220 g/mol. The summed E-state index contributed by atoms with van der Waals surface area (Å²) in [6.45, 7) is 2.21. The third-order valence-electron chi connectivity index (χ3n) is 13.8. The summed E-state index contributed by atoms with van der Waals surface area (Å²) >= 11 is 0. The molecule has 33 heteroatoms. The fraction of sp³-hybridized carbons (Fsp3) is 0.698. The number of aliphatic hydroxyl groups is 1. The Hall–Kier alpha value is -7.40. The van der Waals surface area contributed by atoms with Gasteiger partial charge in [-0.3, -0.25) is 52.9 Å². The number of nitrogens with one attached hydrogen (secondary N) is 10. The van der Waals surface area contributed by atoms with Crippen molar-refractivity contribution < 1.29 is 53.1 Å². The van der Waals surface area contributed by atoms with E-state index >= 15 is 0 Å². The van der Waals surface area contributed by atoms with Crippen molar-refractivity contribution in [3.8, 4) is 0 Å². The minimum Gasteiger partial charge on any atom is -0.389 e. The number of carbonyl (C=O) groups is 10. The number of imidazole rings is 1. The van der Waals surface area contributed by atoms with Gasteiger partial charge in [0.1, 0.15) is 48.0 Å². The Morgan fingerprint density at radius 1 is 0.686 bits per heavy atom. The lowest BCUT2D eigenvalue weighted by atomic mass is 10.0. The van der Waals surface area contributed by atoms with Crippen LogP contribution in [-0.4, -0.2) is 205 Å². The van der Waals surface area contributed by atoms with E-state index in [0.29, 0.717) is 89.7 Å². The van der Waals surface area contributed by atoms with E-state index in [2.05, 4.69) is 62.8 Å². The largest absolute Gasteiger partial charge is 0.389 e. The molecule has 0 radical (unpaired) electrons. The smallest absolute Gasteiger partial charge is 0.268 e. The Labute approximate surface area is 501 Å². The normalized spacial score (nSPS) is 15.9. The Bertz CT molecular complexity index is 2340. The van der Waals surface area contributed by atoms with Crippen LogP contribution in [0, 0.1) is 0 Å². The van der Waals surface area contributed by atoms with Crippen molar-refractivity contribution in [3.63, 3.8) is 0 Å². The van der Waals surface area contributed by atoms with Crippen LogP contribution in [-0.2, 0) is 54.4 Å². The number of rotatable bonds is 44. The number of aliphatic hydroxyl groups excluding tert-OH is 1. The van der Waals surface area contributed by atoms with E-state index < -0.39 is 127 Å². The minimum absolute atomic E-state index is 0.0301. The molecule has 0 saturated carbocycles. The quantitative estimate of drug-likeness (QED) is 0.0125. The van der Waals surface area contributed by atoms with Crippen LogP contribution in [0.25, 0.3) is 0 Å². The predicted octanol–water partition coefficient (Wildman–Crippen LogP) is -7.72. The number of unbranched alkanes of at least 4 members (excludes halogenated alkanes) is 4. The van der Waals surface area contributed by atoms with Crippen LogP contribution < -0.4 is 99.5 Å². The molecule has 0 aromatic carbocycles. The molecular formula is C53H98N22O11. The molecular weight excluding hydrogens is 1120 g/mol. The van der Waals surface area contributed by atoms with Gasteiger partial charge >= 0.3 is 0 Å². The number of aromatic nitrogens is 2. The number of nitrogens with two attached hydrogens (primary N) is 9. The maximum absolute atomic E-state index is 14.5. The second kappa shape index (κ2) is 42.4. The molecule has 4 unspecified atom stereocenters. The van der Waals surface area contributed by atoms with Crippen LogP contribution in [0.2, 0.25) is 0 Å². The van der Waals surface area contributed by atoms with E-state index in [-0.39, 0.29) is 89.2 Å². The number of hydrogen-bond acceptors (Lipinski definition) is 20. The van der Waals surface area contributed by atoms with Gasteiger partial charge in [-0.1, -0.05) is 12.5 Å². The molecule has 86 heavy (non-hydrogen) atoms. The summed E-state index contributed by atoms with van der Waals surface area (Å²) in [5, 5.41) is 33.8. The highest BCUT2D eigenvalue weighted by molar-refractivity contribution is 6.02. The Kier molecular flexibility index (Phi) is 36.8. The van der Waals surface area contributed by atoms with Crippen molar-refractivity contribution in [2.24, 2.45) is 56.6 Å². The summed E-state index contributed by atoms with van der Waals surface area (Å²) in [6, 6.07) is -9.96. The Morgan fingerprint density at radius 3 is 1.91 bits per heavy atom. The summed E-state index contributed by atoms with van der Waals surface area (Å²) in [7, 11) is 0. The number of hydrogen-bond donors (Lipinski definition) is 20. The zero-order chi connectivity index (χ0) is 64.0. The van der Waals surface area contributed by atoms with Crippen LogP contribution in [0.5, 0.6) is 0 Å². The maximum Gasteiger partial charge on any atom is 0.268 e. The summed E-state index contributed by atoms with van der Waals surface area (Å²) in [5.74, 6) is -7.82. The molecule has 1 aromatic heterocycles. The van der Waals surface area contributed by atoms with Gasteiger partial charge in [-0.15, -0.1) is 0 Å². The molecule has 33 nitrogen and oxygen atoms in total. The molecule has 0 aliphatic carbocycles. The van der Waals surface area contributed by atoms with Gasteiger partial charge in [0.2, 0.25) is 53.2 Å². The van der Waals surface area contributed by atoms with Crippen molar-refractivity contribution >= 4 is 65.0 Å². The van der Waals surface area contributed by atoms with Gasteiger partial charge in [0.25, 0.3) is 5.91 Å². The average Bonchev–Trinajstić information content (AvgIpc) is 3.72. The van der Waals surface area contributed by atoms with Crippen LogP contribution in [0.4, 0.5) is 0 Å². The number of likely N-dealkylation sites (tertiary alicyclic amines) is 1. The topological polar surface area (TPSA) is 578 Å². The first-order valence-electron chi connectivity index (χ1n) is 29.5. The van der Waals surface area contributed by atoms with Crippen LogP contribution in [0.1, 0.15) is 115 Å². The Balaban J connectivity index is 2.33. The number of nitrogens with zero attached hydrogens (tertiary/aromatic N) is 3. The number of aliphatic imine (C=N–C) groups is 1. The molecule has 9 atom stereocenters. The van der Waals surface area contributed by atoms with E-state index in [1.807, 2.05) is 0 Å². The molecule has 2 rings (SSSR count). The van der Waals surface area contributed by atoms with E-state index in [0.717, 1.165) is 0 Å². The van der Waals surface area contributed by atoms with Gasteiger partial charge in [0.05, 0.1) is 25.0 Å². The highest BCUT2D eigenvalue weighted by Crippen LogP contribution is 2.21. The van der Waals surface area contributed by atoms with Crippen molar-refractivity contribution in [2.45, 2.75) is 171 Å². The highest BCUT2D eigenvalue weighted by atomic mass is 16.3. The van der Waals surface area contributed by atoms with Crippen molar-refractivity contribution in [1.82, 2.24) is 62.7 Å². The van der Waals surface area contributed by atoms with Gasteiger partial charge in [-0.25, -0.2) is 4.98 Å². The van der Waals surface area contributed by atoms with Crippen molar-refractivity contribution in [2.75, 3.05) is 65.4 Å². The lowest BCUT2D eigenvalue weighted by molar-refractivity contribution is -0.142. The first-order valence-corrected chi connectivity index (χ1v) is 29.5. The molecule has 486 valence electrons. The summed E-state index contributed by atoms with van der Waals surface area (Å²) in [5.41, 5.74) is 51.2. The first-order chi connectivity index (χ1) is 41.2. The van der Waals surface area contributed by atoms with Gasteiger partial charge in [0.15, 0.2) is 5.96 Å². The standard InChI is InChI=1S/C53H98N22O11/c1-32(68-51(85)43(41(76)28-59)74-45(79)34(60)13-2-5-19-54)44(78)66-30-42(77)69-38(16-10-23-58)52(86)75-26-12-18-40(75)50(84)73-39(27-33-29-63-31-67-33)49(83)72-36(15-4-7-21-56)47(81)71-37(17-11-25-65-53(61)62)48(82)70-35(14-3-6-20-55)46(80)64-24-9-8-22-57/h17,29,31-32,34-36,38-41,43,76H,2-16,18-28,30,54-60H2,1H3,(H,63,67)(H,64,80)(H,66,78)(H,68,85)(H,69,77)(H,70,82)(H,71,81)(H,72,83)(H,73,84)(H,74,79)(H4,61,62,65)/b37-17-/t32?,34?,35-,36-,38+,39?,40?,41-,43-/m0/s1. The number of H-pyrrole nitrogens is 1. The fourth-order valence-corrected chi connectivity index (χ4v) is 8.94. The van der Waals surface area contributed by atoms with Gasteiger partial charge < -0.3 is 114 Å². The molecule has 1 aromatic rings. The lowest BCUT2D eigenvalue weighted by Gasteiger charge is -2.30. The molecule has 29 N–H and O–H groups in total. The summed E-state index contributed by atoms with van der Waals surface area (Å²) in [6.07, 6.45) is 8.21. The zero-order valence-corrected chi connectivity index (χ0v) is 49.6. The second-order valence-corrected chi connectivity index (χ2v) is 20.9. The zero-order valence-electron chi connectivity index (χ0n) is 49.6. The second-order valence-electron chi connectivity index (χ2n) is 20.9. The fourth-order valence-electron chi connectivity index (χ4n) is 8.94. The van der Waals surface area contributed by atoms with Crippen molar-refractivity contribution in [3.05, 3.63) is 30.0 Å². The van der Waals surface area contributed by atoms with E-state index in [9.17, 15) is 53.1 Å². The van der Waals surface area contributed by atoms with Gasteiger partial charge in [-0.05, 0) is 136 Å². The summed E-state index contributed by atoms with van der Waals surface area (Å²) < 4.78 is 0. The van der Waals surface area contributed by atoms with Crippen molar-refractivity contribution in [1.29, 1.82) is 0 Å². The number of amides is 10. The number of guanidine groups is 1. The molecule has 1 aliphatic heterocycles. The molecule has 1 saturated heterocycles. The molecule has 1 aliphatic rings. The molecule has 10 amide bonds. The third kappa shape index (κ3) is 28.2. The van der Waals surface area contributed by atoms with Gasteiger partial charge in [0, 0.05) is 44.5 Å². The molecule has 0 spiro atoms. The van der Waals surface area contributed by atoms with Crippen LogP contribution in [0.3, 0.4) is 0 Å². The molecule has 0 bridgehead atoms. The van der Waals surface area contributed by atoms with E-state index in [4.69, 9.17) is 51.6 Å². The van der Waals surface area contributed by atoms with E-state index in [1.165, 1.54) is 30.4 Å². The third-order valence-corrected chi connectivity index (χ3v) is 13.8. The first kappa shape index (κ1) is 74.7. The lowest BCUT2D eigenvalue weighted by Crippen LogP contribution is -2.60. The summed E-state index contributed by atoms with van der Waals surface area (Å²) in [4.78, 5) is 150. The number of aromatic amines is 1. The highest BCUT2D eigenvalue weighted by Gasteiger charge is 2.40. The predicted molar refractivity (Wildman–Crippen MR) is 320 cm³/mol.